The molecule has 7 aromatic carbocycles. The van der Waals surface area contributed by atoms with Gasteiger partial charge in [-0.05, 0) is 87.3 Å². The quantitative estimate of drug-likeness (QED) is 0.196. The van der Waals surface area contributed by atoms with Crippen molar-refractivity contribution in [1.82, 2.24) is 0 Å². The van der Waals surface area contributed by atoms with E-state index in [-0.39, 0.29) is 5.41 Å². The summed E-state index contributed by atoms with van der Waals surface area (Å²) < 4.78 is 2.67. The molecule has 1 nitrogen and oxygen atoms in total. The van der Waals surface area contributed by atoms with Crippen LogP contribution in [0.2, 0.25) is 0 Å². The van der Waals surface area contributed by atoms with Crippen molar-refractivity contribution in [2.75, 3.05) is 4.90 Å². The third kappa shape index (κ3) is 4.06. The lowest BCUT2D eigenvalue weighted by Gasteiger charge is -2.28. The van der Waals surface area contributed by atoms with Gasteiger partial charge in [-0.25, -0.2) is 0 Å². The molecule has 214 valence electrons. The molecule has 0 fully saturated rings. The highest BCUT2D eigenvalue weighted by atomic mass is 32.1. The number of benzene rings is 7. The van der Waals surface area contributed by atoms with Crippen LogP contribution in [0.1, 0.15) is 25.0 Å². The minimum Gasteiger partial charge on any atom is -0.310 e. The van der Waals surface area contributed by atoms with Crippen LogP contribution in [0.25, 0.3) is 53.2 Å². The zero-order chi connectivity index (χ0) is 30.1. The second-order valence-electron chi connectivity index (χ2n) is 12.6. The molecule has 0 bridgehead atoms. The molecule has 0 saturated heterocycles. The zero-order valence-corrected chi connectivity index (χ0v) is 26.1. The molecule has 2 heteroatoms. The predicted octanol–water partition coefficient (Wildman–Crippen LogP) is 12.7. The summed E-state index contributed by atoms with van der Waals surface area (Å²) in [6, 6.07) is 55.9. The van der Waals surface area contributed by atoms with Gasteiger partial charge in [0.2, 0.25) is 0 Å². The summed E-state index contributed by atoms with van der Waals surface area (Å²) in [4.78, 5) is 2.43. The molecule has 9 rings (SSSR count). The fraction of sp³-hybridized carbons (Fsp3) is 0.0698. The average molecular weight is 594 g/mol. The van der Waals surface area contributed by atoms with Crippen LogP contribution in [0.15, 0.2) is 152 Å². The number of rotatable bonds is 4. The van der Waals surface area contributed by atoms with Crippen molar-refractivity contribution in [2.24, 2.45) is 0 Å². The van der Waals surface area contributed by atoms with Gasteiger partial charge in [0.15, 0.2) is 0 Å². The van der Waals surface area contributed by atoms with Crippen molar-refractivity contribution in [1.29, 1.82) is 0 Å². The van der Waals surface area contributed by atoms with E-state index in [9.17, 15) is 0 Å². The third-order valence-corrected chi connectivity index (χ3v) is 10.8. The van der Waals surface area contributed by atoms with Crippen LogP contribution >= 0.6 is 11.3 Å². The Bertz CT molecular complexity index is 2410. The fourth-order valence-electron chi connectivity index (χ4n) is 7.39. The molecule has 0 saturated carbocycles. The lowest BCUT2D eigenvalue weighted by Crippen LogP contribution is -2.15. The number of anilines is 3. The van der Waals surface area contributed by atoms with E-state index < -0.39 is 0 Å². The Morgan fingerprint density at radius 2 is 1.13 bits per heavy atom. The van der Waals surface area contributed by atoms with Gasteiger partial charge in [-0.2, -0.15) is 0 Å². The first-order chi connectivity index (χ1) is 22.1. The summed E-state index contributed by atoms with van der Waals surface area (Å²) in [6.07, 6.45) is 0. The minimum absolute atomic E-state index is 0.0226. The highest BCUT2D eigenvalue weighted by Crippen LogP contribution is 2.51. The standard InChI is InChI=1S/C43H31NS/c1-43(2)38-15-7-5-13-34(38)36-27-32(23-24-39(36)43)44(40-16-9-11-29-10-3-4-12-33(29)40)31-21-18-28(19-22-31)30-20-25-42-37(26-30)35-14-6-8-17-41(35)45-42/h3-27H,1-2H3. The lowest BCUT2D eigenvalue weighted by molar-refractivity contribution is 0.660. The van der Waals surface area contributed by atoms with Gasteiger partial charge in [-0.1, -0.05) is 117 Å². The highest BCUT2D eigenvalue weighted by Gasteiger charge is 2.35. The van der Waals surface area contributed by atoms with Crippen LogP contribution in [0.3, 0.4) is 0 Å². The van der Waals surface area contributed by atoms with E-state index in [1.165, 1.54) is 70.0 Å². The van der Waals surface area contributed by atoms with Gasteiger partial charge in [0.25, 0.3) is 0 Å². The van der Waals surface area contributed by atoms with Gasteiger partial charge < -0.3 is 4.90 Å². The lowest BCUT2D eigenvalue weighted by atomic mass is 9.82. The molecule has 45 heavy (non-hydrogen) atoms. The van der Waals surface area contributed by atoms with Crippen LogP contribution < -0.4 is 4.90 Å². The van der Waals surface area contributed by atoms with E-state index in [1.807, 2.05) is 11.3 Å². The Labute approximate surface area is 267 Å². The Morgan fingerprint density at radius 3 is 2.02 bits per heavy atom. The minimum atomic E-state index is -0.0226. The van der Waals surface area contributed by atoms with Crippen molar-refractivity contribution in [3.63, 3.8) is 0 Å². The first-order valence-electron chi connectivity index (χ1n) is 15.6. The van der Waals surface area contributed by atoms with Gasteiger partial charge in [0.1, 0.15) is 0 Å². The van der Waals surface area contributed by atoms with Gasteiger partial charge >= 0.3 is 0 Å². The molecule has 1 aromatic heterocycles. The maximum absolute atomic E-state index is 2.43. The smallest absolute Gasteiger partial charge is 0.0540 e. The van der Waals surface area contributed by atoms with Crippen molar-refractivity contribution >= 4 is 59.3 Å². The topological polar surface area (TPSA) is 3.24 Å². The summed E-state index contributed by atoms with van der Waals surface area (Å²) in [5.41, 5.74) is 11.4. The molecule has 0 spiro atoms. The average Bonchev–Trinajstić information content (AvgIpc) is 3.57. The molecule has 1 heterocycles. The van der Waals surface area contributed by atoms with Crippen molar-refractivity contribution in [3.05, 3.63) is 163 Å². The van der Waals surface area contributed by atoms with Crippen LogP contribution in [-0.2, 0) is 5.41 Å². The van der Waals surface area contributed by atoms with Gasteiger partial charge in [0.05, 0.1) is 5.69 Å². The number of hydrogen-bond donors (Lipinski definition) is 0. The fourth-order valence-corrected chi connectivity index (χ4v) is 8.47. The number of fused-ring (bicyclic) bond motifs is 7. The second kappa shape index (κ2) is 9.92. The molecule has 0 unspecified atom stereocenters. The number of nitrogens with zero attached hydrogens (tertiary/aromatic N) is 1. The van der Waals surface area contributed by atoms with Gasteiger partial charge in [0, 0.05) is 42.3 Å². The molecular weight excluding hydrogens is 563 g/mol. The van der Waals surface area contributed by atoms with Crippen LogP contribution in [0.4, 0.5) is 17.1 Å². The van der Waals surface area contributed by atoms with E-state index in [4.69, 9.17) is 0 Å². The molecule has 0 radical (unpaired) electrons. The second-order valence-corrected chi connectivity index (χ2v) is 13.7. The van der Waals surface area contributed by atoms with E-state index in [0.717, 1.165) is 11.4 Å². The molecule has 1 aliphatic rings. The highest BCUT2D eigenvalue weighted by molar-refractivity contribution is 7.25. The molecule has 1 aliphatic carbocycles. The molecule has 0 aliphatic heterocycles. The SMILES string of the molecule is CC1(C)c2ccccc2-c2cc(N(c3ccc(-c4ccc5sc6ccccc6c5c4)cc3)c3cccc4ccccc34)ccc21. The van der Waals surface area contributed by atoms with E-state index in [2.05, 4.69) is 170 Å². The van der Waals surface area contributed by atoms with E-state index >= 15 is 0 Å². The monoisotopic (exact) mass is 593 g/mol. The van der Waals surface area contributed by atoms with Crippen LogP contribution in [-0.4, -0.2) is 0 Å². The first kappa shape index (κ1) is 26.2. The molecule has 8 aromatic rings. The summed E-state index contributed by atoms with van der Waals surface area (Å²) in [7, 11) is 0. The van der Waals surface area contributed by atoms with E-state index in [1.54, 1.807) is 0 Å². The Balaban J connectivity index is 1.20. The number of hydrogen-bond acceptors (Lipinski definition) is 2. The normalized spacial score (nSPS) is 13.3. The van der Waals surface area contributed by atoms with Crippen molar-refractivity contribution in [3.8, 4) is 22.3 Å². The summed E-state index contributed by atoms with van der Waals surface area (Å²) >= 11 is 1.87. The van der Waals surface area contributed by atoms with Crippen molar-refractivity contribution < 1.29 is 0 Å². The summed E-state index contributed by atoms with van der Waals surface area (Å²) in [5.74, 6) is 0. The Kier molecular flexibility index (Phi) is 5.78. The summed E-state index contributed by atoms with van der Waals surface area (Å²) in [5, 5.41) is 5.14. The molecular formula is C43H31NS. The van der Waals surface area contributed by atoms with Crippen LogP contribution in [0.5, 0.6) is 0 Å². The predicted molar refractivity (Wildman–Crippen MR) is 195 cm³/mol. The third-order valence-electron chi connectivity index (χ3n) is 9.67. The molecule has 0 amide bonds. The van der Waals surface area contributed by atoms with Gasteiger partial charge in [-0.15, -0.1) is 11.3 Å². The first-order valence-corrected chi connectivity index (χ1v) is 16.4. The maximum Gasteiger partial charge on any atom is 0.0540 e. The van der Waals surface area contributed by atoms with Gasteiger partial charge in [-0.3, -0.25) is 0 Å². The van der Waals surface area contributed by atoms with Crippen LogP contribution in [0, 0.1) is 0 Å². The molecule has 0 atom stereocenters. The molecule has 0 N–H and O–H groups in total. The zero-order valence-electron chi connectivity index (χ0n) is 25.3. The van der Waals surface area contributed by atoms with Crippen molar-refractivity contribution in [2.45, 2.75) is 19.3 Å². The largest absolute Gasteiger partial charge is 0.310 e. The Morgan fingerprint density at radius 1 is 0.467 bits per heavy atom. The summed E-state index contributed by atoms with van der Waals surface area (Å²) in [6.45, 7) is 4.68. The number of thiophene rings is 1. The van der Waals surface area contributed by atoms with E-state index in [0.29, 0.717) is 0 Å². The Hall–Kier alpha value is -5.18. The maximum atomic E-state index is 2.43.